The first kappa shape index (κ1) is 13.5. The first-order valence-corrected chi connectivity index (χ1v) is 5.41. The average Bonchev–Trinajstić information content (AvgIpc) is 2.33. The number of amides is 1. The highest BCUT2D eigenvalue weighted by Gasteiger charge is 2.18. The Morgan fingerprint density at radius 1 is 1.24 bits per heavy atom. The molecule has 0 aliphatic carbocycles. The summed E-state index contributed by atoms with van der Waals surface area (Å²) in [6.07, 6.45) is 0.210. The van der Waals surface area contributed by atoms with E-state index in [1.165, 1.54) is 7.11 Å². The molecule has 0 unspecified atom stereocenters. The highest BCUT2D eigenvalue weighted by atomic mass is 35.5. The van der Waals surface area contributed by atoms with Gasteiger partial charge in [-0.1, -0.05) is 11.6 Å². The number of benzene rings is 1. The van der Waals surface area contributed by atoms with Crippen molar-refractivity contribution >= 4 is 29.5 Å². The lowest BCUT2D eigenvalue weighted by molar-refractivity contribution is -0.127. The Morgan fingerprint density at radius 3 is 2.29 bits per heavy atom. The van der Waals surface area contributed by atoms with Crippen LogP contribution in [0.15, 0.2) is 0 Å². The molecule has 5 heteroatoms. The van der Waals surface area contributed by atoms with E-state index in [1.54, 1.807) is 6.92 Å². The Balaban J connectivity index is 3.46. The van der Waals surface area contributed by atoms with Crippen LogP contribution in [-0.4, -0.2) is 19.3 Å². The topological polar surface area (TPSA) is 55.4 Å². The second kappa shape index (κ2) is 5.19. The molecule has 1 rings (SSSR count). The van der Waals surface area contributed by atoms with E-state index < -0.39 is 5.91 Å². The number of hydrogen-bond acceptors (Lipinski definition) is 3. The fraction of sp³-hybridized carbons (Fsp3) is 0.333. The third-order valence-corrected chi connectivity index (χ3v) is 3.29. The van der Waals surface area contributed by atoms with E-state index >= 15 is 0 Å². The SMILES string of the molecule is COc1c(C)c(C)c(Cl)c(C)c1NC(=O)C=O. The minimum atomic E-state index is -0.731. The first-order valence-electron chi connectivity index (χ1n) is 5.03. The van der Waals surface area contributed by atoms with Crippen molar-refractivity contribution in [3.63, 3.8) is 0 Å². The van der Waals surface area contributed by atoms with Gasteiger partial charge in [-0.15, -0.1) is 0 Å². The number of anilines is 1. The number of methoxy groups -OCH3 is 1. The Morgan fingerprint density at radius 2 is 1.82 bits per heavy atom. The molecule has 0 aromatic heterocycles. The molecular formula is C12H14ClNO3. The Bertz CT molecular complexity index is 483. The second-order valence-electron chi connectivity index (χ2n) is 3.70. The third-order valence-electron chi connectivity index (χ3n) is 2.72. The maximum atomic E-state index is 11.1. The third kappa shape index (κ3) is 2.42. The van der Waals surface area contributed by atoms with Crippen molar-refractivity contribution in [1.29, 1.82) is 0 Å². The summed E-state index contributed by atoms with van der Waals surface area (Å²) >= 11 is 6.15. The molecule has 0 aliphatic heterocycles. The van der Waals surface area contributed by atoms with E-state index in [9.17, 15) is 9.59 Å². The maximum absolute atomic E-state index is 11.1. The Labute approximate surface area is 105 Å². The van der Waals surface area contributed by atoms with Gasteiger partial charge in [0.2, 0.25) is 6.29 Å². The van der Waals surface area contributed by atoms with Gasteiger partial charge in [0.05, 0.1) is 12.8 Å². The number of nitrogens with one attached hydrogen (secondary N) is 1. The largest absolute Gasteiger partial charge is 0.494 e. The van der Waals surface area contributed by atoms with Gasteiger partial charge in [-0.25, -0.2) is 0 Å². The van der Waals surface area contributed by atoms with Gasteiger partial charge in [0.15, 0.2) is 0 Å². The molecule has 0 aliphatic rings. The fourth-order valence-electron chi connectivity index (χ4n) is 1.64. The van der Waals surface area contributed by atoms with E-state index in [0.717, 1.165) is 11.1 Å². The predicted octanol–water partition coefficient (Wildman–Crippen LogP) is 2.41. The van der Waals surface area contributed by atoms with E-state index in [-0.39, 0.29) is 6.29 Å². The van der Waals surface area contributed by atoms with Gasteiger partial charge >= 0.3 is 0 Å². The monoisotopic (exact) mass is 255 g/mol. The normalized spacial score (nSPS) is 9.94. The number of aldehydes is 1. The summed E-state index contributed by atoms with van der Waals surface area (Å²) in [5.41, 5.74) is 2.86. The van der Waals surface area contributed by atoms with Crippen LogP contribution in [0.25, 0.3) is 0 Å². The second-order valence-corrected chi connectivity index (χ2v) is 4.08. The van der Waals surface area contributed by atoms with Crippen molar-refractivity contribution in [2.75, 3.05) is 12.4 Å². The molecule has 0 heterocycles. The maximum Gasteiger partial charge on any atom is 0.288 e. The molecule has 1 amide bonds. The molecule has 4 nitrogen and oxygen atoms in total. The number of hydrogen-bond donors (Lipinski definition) is 1. The smallest absolute Gasteiger partial charge is 0.288 e. The summed E-state index contributed by atoms with van der Waals surface area (Å²) in [5.74, 6) is -0.203. The number of rotatable bonds is 3. The van der Waals surface area contributed by atoms with Crippen molar-refractivity contribution in [3.05, 3.63) is 21.7 Å². The van der Waals surface area contributed by atoms with Gasteiger partial charge < -0.3 is 10.1 Å². The van der Waals surface area contributed by atoms with E-state index in [1.807, 2.05) is 13.8 Å². The van der Waals surface area contributed by atoms with Crippen LogP contribution in [0, 0.1) is 20.8 Å². The molecule has 1 aromatic rings. The minimum Gasteiger partial charge on any atom is -0.494 e. The van der Waals surface area contributed by atoms with Gasteiger partial charge in [0.1, 0.15) is 5.75 Å². The first-order chi connectivity index (χ1) is 7.93. The molecule has 17 heavy (non-hydrogen) atoms. The number of carbonyl (C=O) groups is 2. The van der Waals surface area contributed by atoms with Crippen LogP contribution in [0.1, 0.15) is 16.7 Å². The summed E-state index contributed by atoms with van der Waals surface area (Å²) < 4.78 is 5.25. The van der Waals surface area contributed by atoms with Crippen LogP contribution >= 0.6 is 11.6 Å². The molecule has 0 fully saturated rings. The van der Waals surface area contributed by atoms with Gasteiger partial charge in [-0.05, 0) is 37.5 Å². The lowest BCUT2D eigenvalue weighted by Gasteiger charge is -2.18. The van der Waals surface area contributed by atoms with E-state index in [0.29, 0.717) is 22.0 Å². The molecule has 92 valence electrons. The fourth-order valence-corrected chi connectivity index (χ4v) is 1.88. The lowest BCUT2D eigenvalue weighted by atomic mass is 10.0. The van der Waals surface area contributed by atoms with Crippen molar-refractivity contribution in [2.24, 2.45) is 0 Å². The molecule has 0 radical (unpaired) electrons. The molecular weight excluding hydrogens is 242 g/mol. The van der Waals surface area contributed by atoms with E-state index in [2.05, 4.69) is 5.32 Å². The highest BCUT2D eigenvalue weighted by molar-refractivity contribution is 6.34. The molecule has 1 N–H and O–H groups in total. The Hall–Kier alpha value is -1.55. The van der Waals surface area contributed by atoms with Crippen molar-refractivity contribution in [2.45, 2.75) is 20.8 Å². The van der Waals surface area contributed by atoms with Crippen LogP contribution in [0.2, 0.25) is 5.02 Å². The molecule has 1 aromatic carbocycles. The quantitative estimate of drug-likeness (QED) is 0.667. The van der Waals surface area contributed by atoms with Crippen LogP contribution in [-0.2, 0) is 9.59 Å². The Kier molecular flexibility index (Phi) is 4.12. The summed E-state index contributed by atoms with van der Waals surface area (Å²) in [5, 5.41) is 3.03. The summed E-state index contributed by atoms with van der Waals surface area (Å²) in [7, 11) is 1.51. The molecule has 0 saturated carbocycles. The lowest BCUT2D eigenvalue weighted by Crippen LogP contribution is -2.15. The average molecular weight is 256 g/mol. The summed E-state index contributed by atoms with van der Waals surface area (Å²) in [4.78, 5) is 21.5. The van der Waals surface area contributed by atoms with E-state index in [4.69, 9.17) is 16.3 Å². The van der Waals surface area contributed by atoms with Crippen molar-refractivity contribution < 1.29 is 14.3 Å². The molecule has 0 atom stereocenters. The molecule has 0 spiro atoms. The zero-order valence-electron chi connectivity index (χ0n) is 10.2. The van der Waals surface area contributed by atoms with Crippen molar-refractivity contribution in [1.82, 2.24) is 0 Å². The van der Waals surface area contributed by atoms with Crippen LogP contribution in [0.3, 0.4) is 0 Å². The standard InChI is InChI=1S/C12H14ClNO3/c1-6-7(2)12(17-4)11(8(3)10(6)13)14-9(16)5-15/h5H,1-4H3,(H,14,16). The van der Waals surface area contributed by atoms with Gasteiger partial charge in [0, 0.05) is 5.02 Å². The van der Waals surface area contributed by atoms with Crippen LogP contribution < -0.4 is 10.1 Å². The highest BCUT2D eigenvalue weighted by Crippen LogP contribution is 2.39. The predicted molar refractivity (Wildman–Crippen MR) is 66.9 cm³/mol. The summed E-state index contributed by atoms with van der Waals surface area (Å²) in [6, 6.07) is 0. The zero-order chi connectivity index (χ0) is 13.2. The minimum absolute atomic E-state index is 0.210. The number of ether oxygens (including phenoxy) is 1. The summed E-state index contributed by atoms with van der Waals surface area (Å²) in [6.45, 7) is 5.48. The van der Waals surface area contributed by atoms with Gasteiger partial charge in [-0.3, -0.25) is 9.59 Å². The van der Waals surface area contributed by atoms with Crippen molar-refractivity contribution in [3.8, 4) is 5.75 Å². The van der Waals surface area contributed by atoms with Crippen LogP contribution in [0.5, 0.6) is 5.75 Å². The molecule has 0 saturated heterocycles. The number of carbonyl (C=O) groups excluding carboxylic acids is 2. The van der Waals surface area contributed by atoms with Gasteiger partial charge in [-0.2, -0.15) is 0 Å². The van der Waals surface area contributed by atoms with Crippen LogP contribution in [0.4, 0.5) is 5.69 Å². The number of halogens is 1. The van der Waals surface area contributed by atoms with Gasteiger partial charge in [0.25, 0.3) is 5.91 Å². The molecule has 0 bridgehead atoms. The zero-order valence-corrected chi connectivity index (χ0v) is 10.9.